The van der Waals surface area contributed by atoms with Gasteiger partial charge in [0.05, 0.1) is 17.0 Å². The number of hydrogen-bond acceptors (Lipinski definition) is 4. The van der Waals surface area contributed by atoms with Crippen LogP contribution in [0.4, 0.5) is 5.95 Å². The number of imide groups is 1. The standard InChI is InChI=1S/C19H16N4O3/c24-16-10-13(18(26)22-16)9-11-5-7-12(8-6-11)17(25)23-19-20-14-3-1-2-4-15(14)21-19/h1-8,13H,9-10H2,(H,22,24,26)(H2,20,21,23,25)/t13-/m1/s1. The molecule has 0 bridgehead atoms. The molecule has 0 saturated carbocycles. The number of aromatic amines is 1. The molecule has 2 heterocycles. The zero-order valence-corrected chi connectivity index (χ0v) is 13.8. The number of benzene rings is 2. The number of anilines is 1. The van der Waals surface area contributed by atoms with Gasteiger partial charge in [-0.05, 0) is 36.2 Å². The van der Waals surface area contributed by atoms with Crippen molar-refractivity contribution in [3.05, 3.63) is 59.7 Å². The van der Waals surface area contributed by atoms with E-state index in [4.69, 9.17) is 0 Å². The minimum absolute atomic E-state index is 0.215. The Balaban J connectivity index is 1.43. The molecular formula is C19H16N4O3. The summed E-state index contributed by atoms with van der Waals surface area (Å²) in [5.41, 5.74) is 3.02. The molecular weight excluding hydrogens is 332 g/mol. The lowest BCUT2D eigenvalue weighted by Crippen LogP contribution is -2.22. The molecule has 3 N–H and O–H groups in total. The van der Waals surface area contributed by atoms with Gasteiger partial charge in [0.2, 0.25) is 17.8 Å². The third-order valence-corrected chi connectivity index (χ3v) is 4.38. The molecule has 4 rings (SSSR count). The molecule has 0 radical (unpaired) electrons. The summed E-state index contributed by atoms with van der Waals surface area (Å²) >= 11 is 0. The number of amides is 3. The summed E-state index contributed by atoms with van der Waals surface area (Å²) in [7, 11) is 0. The van der Waals surface area contributed by atoms with Gasteiger partial charge in [0.25, 0.3) is 5.91 Å². The van der Waals surface area contributed by atoms with Crippen LogP contribution in [0.2, 0.25) is 0 Å². The number of para-hydroxylation sites is 2. The predicted octanol–water partition coefficient (Wildman–Crippen LogP) is 2.02. The van der Waals surface area contributed by atoms with Gasteiger partial charge in [-0.3, -0.25) is 25.0 Å². The monoisotopic (exact) mass is 348 g/mol. The number of fused-ring (bicyclic) bond motifs is 1. The molecule has 7 nitrogen and oxygen atoms in total. The van der Waals surface area contributed by atoms with Crippen LogP contribution in [-0.2, 0) is 16.0 Å². The minimum Gasteiger partial charge on any atom is -0.324 e. The van der Waals surface area contributed by atoms with Crippen molar-refractivity contribution < 1.29 is 14.4 Å². The number of hydrogen-bond donors (Lipinski definition) is 3. The molecule has 130 valence electrons. The van der Waals surface area contributed by atoms with Crippen LogP contribution in [0.25, 0.3) is 11.0 Å². The topological polar surface area (TPSA) is 104 Å². The van der Waals surface area contributed by atoms with Crippen molar-refractivity contribution in [1.82, 2.24) is 15.3 Å². The van der Waals surface area contributed by atoms with Gasteiger partial charge in [0, 0.05) is 12.0 Å². The molecule has 2 aromatic carbocycles. The third kappa shape index (κ3) is 3.19. The smallest absolute Gasteiger partial charge is 0.257 e. The van der Waals surface area contributed by atoms with E-state index in [-0.39, 0.29) is 30.1 Å². The molecule has 1 aliphatic rings. The van der Waals surface area contributed by atoms with Crippen molar-refractivity contribution >= 4 is 34.7 Å². The Morgan fingerprint density at radius 3 is 2.58 bits per heavy atom. The van der Waals surface area contributed by atoms with E-state index < -0.39 is 0 Å². The highest BCUT2D eigenvalue weighted by molar-refractivity contribution is 6.04. The highest BCUT2D eigenvalue weighted by Crippen LogP contribution is 2.18. The minimum atomic E-state index is -0.335. The summed E-state index contributed by atoms with van der Waals surface area (Å²) < 4.78 is 0. The Bertz CT molecular complexity index is 974. The third-order valence-electron chi connectivity index (χ3n) is 4.38. The Morgan fingerprint density at radius 1 is 1.12 bits per heavy atom. The molecule has 7 heteroatoms. The highest BCUT2D eigenvalue weighted by atomic mass is 16.2. The molecule has 0 unspecified atom stereocenters. The maximum Gasteiger partial charge on any atom is 0.257 e. The predicted molar refractivity (Wildman–Crippen MR) is 95.4 cm³/mol. The van der Waals surface area contributed by atoms with E-state index in [0.29, 0.717) is 17.9 Å². The summed E-state index contributed by atoms with van der Waals surface area (Å²) in [6, 6.07) is 14.5. The summed E-state index contributed by atoms with van der Waals surface area (Å²) in [5, 5.41) is 5.04. The molecule has 3 aromatic rings. The lowest BCUT2D eigenvalue weighted by atomic mass is 9.97. The molecule has 1 aliphatic heterocycles. The average molecular weight is 348 g/mol. The molecule has 3 amide bonds. The number of carbonyl (C=O) groups is 3. The molecule has 1 saturated heterocycles. The van der Waals surface area contributed by atoms with E-state index in [9.17, 15) is 14.4 Å². The number of H-pyrrole nitrogens is 1. The van der Waals surface area contributed by atoms with E-state index in [0.717, 1.165) is 16.6 Å². The normalized spacial score (nSPS) is 16.7. The van der Waals surface area contributed by atoms with Crippen LogP contribution in [0.15, 0.2) is 48.5 Å². The SMILES string of the molecule is O=C1C[C@@H](Cc2ccc(C(=O)Nc3nc4ccccc4[nH]3)cc2)C(=O)N1. The summed E-state index contributed by atoms with van der Waals surface area (Å²) in [5.74, 6) is -0.688. The number of rotatable bonds is 4. The summed E-state index contributed by atoms with van der Waals surface area (Å²) in [6.07, 6.45) is 0.691. The van der Waals surface area contributed by atoms with Crippen LogP contribution in [0.3, 0.4) is 0 Å². The largest absolute Gasteiger partial charge is 0.324 e. The van der Waals surface area contributed by atoms with E-state index in [1.807, 2.05) is 24.3 Å². The number of imidazole rings is 1. The number of carbonyl (C=O) groups excluding carboxylic acids is 3. The van der Waals surface area contributed by atoms with Gasteiger partial charge < -0.3 is 4.98 Å². The second kappa shape index (κ2) is 6.44. The molecule has 1 fully saturated rings. The second-order valence-corrected chi connectivity index (χ2v) is 6.27. The fraction of sp³-hybridized carbons (Fsp3) is 0.158. The van der Waals surface area contributed by atoms with Crippen LogP contribution < -0.4 is 10.6 Å². The number of nitrogens with one attached hydrogen (secondary N) is 3. The van der Waals surface area contributed by atoms with E-state index in [1.54, 1.807) is 24.3 Å². The lowest BCUT2D eigenvalue weighted by molar-refractivity contribution is -0.125. The van der Waals surface area contributed by atoms with Crippen molar-refractivity contribution in [3.8, 4) is 0 Å². The van der Waals surface area contributed by atoms with Crippen molar-refractivity contribution in [2.45, 2.75) is 12.8 Å². The molecule has 0 spiro atoms. The zero-order chi connectivity index (χ0) is 18.1. The zero-order valence-electron chi connectivity index (χ0n) is 13.8. The van der Waals surface area contributed by atoms with Crippen LogP contribution in [0.5, 0.6) is 0 Å². The summed E-state index contributed by atoms with van der Waals surface area (Å²) in [6.45, 7) is 0. The van der Waals surface area contributed by atoms with E-state index in [2.05, 4.69) is 20.6 Å². The molecule has 26 heavy (non-hydrogen) atoms. The fourth-order valence-corrected chi connectivity index (χ4v) is 3.04. The van der Waals surface area contributed by atoms with Crippen LogP contribution >= 0.6 is 0 Å². The van der Waals surface area contributed by atoms with Gasteiger partial charge in [-0.2, -0.15) is 0 Å². The van der Waals surface area contributed by atoms with Crippen molar-refractivity contribution in [1.29, 1.82) is 0 Å². The van der Waals surface area contributed by atoms with Gasteiger partial charge in [-0.25, -0.2) is 4.98 Å². The van der Waals surface area contributed by atoms with Crippen molar-refractivity contribution in [3.63, 3.8) is 0 Å². The molecule has 0 aliphatic carbocycles. The van der Waals surface area contributed by atoms with Gasteiger partial charge in [-0.15, -0.1) is 0 Å². The highest BCUT2D eigenvalue weighted by Gasteiger charge is 2.30. The van der Waals surface area contributed by atoms with Crippen molar-refractivity contribution in [2.75, 3.05) is 5.32 Å². The Kier molecular flexibility index (Phi) is 3.96. The quantitative estimate of drug-likeness (QED) is 0.628. The fourth-order valence-electron chi connectivity index (χ4n) is 3.04. The van der Waals surface area contributed by atoms with E-state index >= 15 is 0 Å². The lowest BCUT2D eigenvalue weighted by Gasteiger charge is -2.07. The maximum atomic E-state index is 12.4. The first-order valence-electron chi connectivity index (χ1n) is 8.27. The Labute approximate surface area is 148 Å². The molecule has 1 aromatic heterocycles. The number of aromatic nitrogens is 2. The Morgan fingerprint density at radius 2 is 1.88 bits per heavy atom. The second-order valence-electron chi connectivity index (χ2n) is 6.27. The van der Waals surface area contributed by atoms with Gasteiger partial charge >= 0.3 is 0 Å². The van der Waals surface area contributed by atoms with Crippen LogP contribution in [-0.4, -0.2) is 27.7 Å². The van der Waals surface area contributed by atoms with E-state index in [1.165, 1.54) is 0 Å². The first-order valence-corrected chi connectivity index (χ1v) is 8.27. The van der Waals surface area contributed by atoms with Gasteiger partial charge in [-0.1, -0.05) is 24.3 Å². The van der Waals surface area contributed by atoms with Gasteiger partial charge in [0.1, 0.15) is 0 Å². The summed E-state index contributed by atoms with van der Waals surface area (Å²) in [4.78, 5) is 42.6. The Hall–Kier alpha value is -3.48. The molecule has 1 atom stereocenters. The van der Waals surface area contributed by atoms with Crippen molar-refractivity contribution in [2.24, 2.45) is 5.92 Å². The first kappa shape index (κ1) is 16.0. The van der Waals surface area contributed by atoms with Crippen LogP contribution in [0.1, 0.15) is 22.3 Å². The van der Waals surface area contributed by atoms with Gasteiger partial charge in [0.15, 0.2) is 0 Å². The maximum absolute atomic E-state index is 12.4. The number of nitrogens with zero attached hydrogens (tertiary/aromatic N) is 1. The average Bonchev–Trinajstić information content (AvgIpc) is 3.17. The first-order chi connectivity index (χ1) is 12.6. The van der Waals surface area contributed by atoms with Crippen LogP contribution in [0, 0.1) is 5.92 Å².